The zero-order chi connectivity index (χ0) is 16.2. The molecule has 0 aliphatic rings. The van der Waals surface area contributed by atoms with E-state index < -0.39 is 6.67 Å². The molecular weight excluding hydrogens is 317 g/mol. The van der Waals surface area contributed by atoms with Crippen molar-refractivity contribution in [3.05, 3.63) is 35.2 Å². The van der Waals surface area contributed by atoms with E-state index >= 15 is 0 Å². The normalized spacial score (nSPS) is 11.4. The largest absolute Gasteiger partial charge is 0.491 e. The third-order valence-electron chi connectivity index (χ3n) is 3.01. The van der Waals surface area contributed by atoms with Crippen LogP contribution in [-0.2, 0) is 0 Å². The molecular formula is C16H16FN3O2S. The first kappa shape index (κ1) is 15.5. The van der Waals surface area contributed by atoms with E-state index in [4.69, 9.17) is 9.15 Å². The minimum absolute atomic E-state index is 0.0337. The van der Waals surface area contributed by atoms with Crippen LogP contribution < -0.4 is 9.64 Å². The molecule has 23 heavy (non-hydrogen) atoms. The molecule has 2 aromatic heterocycles. The van der Waals surface area contributed by atoms with Gasteiger partial charge in [0, 0.05) is 37.3 Å². The van der Waals surface area contributed by atoms with Crippen LogP contribution in [0.25, 0.3) is 23.3 Å². The van der Waals surface area contributed by atoms with Gasteiger partial charge in [0.1, 0.15) is 24.5 Å². The molecule has 3 aromatic rings. The van der Waals surface area contributed by atoms with Crippen LogP contribution in [0, 0.1) is 0 Å². The lowest BCUT2D eigenvalue weighted by Crippen LogP contribution is -2.07. The number of hydrogen-bond donors (Lipinski definition) is 0. The SMILES string of the molecule is CN(C)c1ncc(C=Cc2nc3ccc(OCCF)cc3o2)s1. The zero-order valence-electron chi connectivity index (χ0n) is 12.8. The molecule has 0 saturated heterocycles. The van der Waals surface area contributed by atoms with Crippen LogP contribution in [0.15, 0.2) is 28.8 Å². The lowest BCUT2D eigenvalue weighted by molar-refractivity contribution is 0.273. The third-order valence-corrected chi connectivity index (χ3v) is 4.14. The fourth-order valence-electron chi connectivity index (χ4n) is 1.95. The molecule has 0 bridgehead atoms. The number of rotatable bonds is 6. The topological polar surface area (TPSA) is 51.4 Å². The first-order chi connectivity index (χ1) is 11.2. The number of hydrogen-bond acceptors (Lipinski definition) is 6. The van der Waals surface area contributed by atoms with Gasteiger partial charge in [0.15, 0.2) is 10.7 Å². The number of benzene rings is 1. The standard InChI is InChI=1S/C16H16FN3O2S/c1-20(2)16-18-10-12(23-16)4-6-15-19-13-5-3-11(21-8-7-17)9-14(13)22-15/h3-6,9-10H,7-8H2,1-2H3. The lowest BCUT2D eigenvalue weighted by atomic mass is 10.3. The highest BCUT2D eigenvalue weighted by atomic mass is 32.1. The number of oxazole rings is 1. The maximum atomic E-state index is 12.1. The maximum absolute atomic E-state index is 12.1. The van der Waals surface area contributed by atoms with Gasteiger partial charge in [0.2, 0.25) is 5.89 Å². The van der Waals surface area contributed by atoms with Gasteiger partial charge in [-0.15, -0.1) is 0 Å². The summed E-state index contributed by atoms with van der Waals surface area (Å²) in [5, 5.41) is 0.942. The number of aromatic nitrogens is 2. The van der Waals surface area contributed by atoms with E-state index in [0.717, 1.165) is 15.5 Å². The molecule has 0 amide bonds. The van der Waals surface area contributed by atoms with Crippen LogP contribution in [0.1, 0.15) is 10.8 Å². The second kappa shape index (κ2) is 6.78. The number of ether oxygens (including phenoxy) is 1. The van der Waals surface area contributed by atoms with Gasteiger partial charge in [-0.3, -0.25) is 0 Å². The Morgan fingerprint density at radius 2 is 2.22 bits per heavy atom. The summed E-state index contributed by atoms with van der Waals surface area (Å²) in [5.74, 6) is 1.07. The van der Waals surface area contributed by atoms with E-state index in [1.807, 2.05) is 31.3 Å². The van der Waals surface area contributed by atoms with Crippen molar-refractivity contribution in [3.8, 4) is 5.75 Å². The van der Waals surface area contributed by atoms with E-state index in [9.17, 15) is 4.39 Å². The van der Waals surface area contributed by atoms with Crippen LogP contribution in [0.3, 0.4) is 0 Å². The Morgan fingerprint density at radius 1 is 1.35 bits per heavy atom. The third kappa shape index (κ3) is 3.68. The van der Waals surface area contributed by atoms with Gasteiger partial charge in [-0.1, -0.05) is 11.3 Å². The Balaban J connectivity index is 1.78. The molecule has 120 valence electrons. The highest BCUT2D eigenvalue weighted by Gasteiger charge is 2.06. The van der Waals surface area contributed by atoms with E-state index in [1.54, 1.807) is 35.6 Å². The lowest BCUT2D eigenvalue weighted by Gasteiger charge is -2.04. The van der Waals surface area contributed by atoms with Gasteiger partial charge >= 0.3 is 0 Å². The van der Waals surface area contributed by atoms with Crippen molar-refractivity contribution in [3.63, 3.8) is 0 Å². The van der Waals surface area contributed by atoms with Gasteiger partial charge in [-0.25, -0.2) is 14.4 Å². The molecule has 0 saturated carbocycles. The number of anilines is 1. The van der Waals surface area contributed by atoms with Gasteiger partial charge in [0.05, 0.1) is 0 Å². The van der Waals surface area contributed by atoms with Crippen LogP contribution in [-0.4, -0.2) is 37.3 Å². The van der Waals surface area contributed by atoms with Gasteiger partial charge in [-0.2, -0.15) is 0 Å². The van der Waals surface area contributed by atoms with Crippen molar-refractivity contribution in [2.45, 2.75) is 0 Å². The van der Waals surface area contributed by atoms with Crippen molar-refractivity contribution in [1.29, 1.82) is 0 Å². The van der Waals surface area contributed by atoms with Crippen LogP contribution in [0.2, 0.25) is 0 Å². The molecule has 0 aliphatic heterocycles. The summed E-state index contributed by atoms with van der Waals surface area (Å²) >= 11 is 1.58. The Kier molecular flexibility index (Phi) is 4.57. The molecule has 0 radical (unpaired) electrons. The Labute approximate surface area is 137 Å². The molecule has 7 heteroatoms. The van der Waals surface area contributed by atoms with Crippen LogP contribution in [0.5, 0.6) is 5.75 Å². The summed E-state index contributed by atoms with van der Waals surface area (Å²) < 4.78 is 23.0. The second-order valence-electron chi connectivity index (χ2n) is 4.99. The number of nitrogens with zero attached hydrogens (tertiary/aromatic N) is 3. The first-order valence-corrected chi connectivity index (χ1v) is 7.88. The summed E-state index contributed by atoms with van der Waals surface area (Å²) in [4.78, 5) is 11.7. The van der Waals surface area contributed by atoms with E-state index in [-0.39, 0.29) is 6.61 Å². The number of alkyl halides is 1. The Bertz CT molecular complexity index is 826. The minimum atomic E-state index is -0.522. The zero-order valence-corrected chi connectivity index (χ0v) is 13.6. The number of halogens is 1. The Morgan fingerprint density at radius 3 is 2.96 bits per heavy atom. The van der Waals surface area contributed by atoms with Crippen molar-refractivity contribution < 1.29 is 13.5 Å². The van der Waals surface area contributed by atoms with Crippen molar-refractivity contribution in [2.24, 2.45) is 0 Å². The van der Waals surface area contributed by atoms with Crippen molar-refractivity contribution >= 4 is 39.7 Å². The highest BCUT2D eigenvalue weighted by molar-refractivity contribution is 7.16. The van der Waals surface area contributed by atoms with Crippen LogP contribution in [0.4, 0.5) is 9.52 Å². The van der Waals surface area contributed by atoms with E-state index in [1.165, 1.54) is 0 Å². The van der Waals surface area contributed by atoms with E-state index in [0.29, 0.717) is 17.2 Å². The average molecular weight is 333 g/mol. The van der Waals surface area contributed by atoms with Crippen molar-refractivity contribution in [2.75, 3.05) is 32.3 Å². The maximum Gasteiger partial charge on any atom is 0.220 e. The second-order valence-corrected chi connectivity index (χ2v) is 6.03. The summed E-state index contributed by atoms with van der Waals surface area (Å²) in [6.45, 7) is -0.488. The predicted octanol–water partition coefficient (Wildman–Crippen LogP) is 3.87. The molecule has 1 aromatic carbocycles. The molecule has 3 rings (SSSR count). The van der Waals surface area contributed by atoms with Crippen LogP contribution >= 0.6 is 11.3 Å². The molecule has 0 N–H and O–H groups in total. The number of fused-ring (bicyclic) bond motifs is 1. The van der Waals surface area contributed by atoms with Crippen molar-refractivity contribution in [1.82, 2.24) is 9.97 Å². The summed E-state index contributed by atoms with van der Waals surface area (Å²) in [5.41, 5.74) is 1.34. The van der Waals surface area contributed by atoms with Gasteiger partial charge < -0.3 is 14.1 Å². The van der Waals surface area contributed by atoms with E-state index in [2.05, 4.69) is 9.97 Å². The predicted molar refractivity (Wildman–Crippen MR) is 90.8 cm³/mol. The van der Waals surface area contributed by atoms with Gasteiger partial charge in [0.25, 0.3) is 0 Å². The fraction of sp³-hybridized carbons (Fsp3) is 0.250. The molecule has 0 fully saturated rings. The Hall–Kier alpha value is -2.41. The first-order valence-electron chi connectivity index (χ1n) is 7.06. The summed E-state index contributed by atoms with van der Waals surface area (Å²) in [6, 6.07) is 5.26. The van der Waals surface area contributed by atoms with Gasteiger partial charge in [-0.05, 0) is 18.2 Å². The molecule has 0 spiro atoms. The monoisotopic (exact) mass is 333 g/mol. The molecule has 0 unspecified atom stereocenters. The molecule has 2 heterocycles. The number of thiazole rings is 1. The smallest absolute Gasteiger partial charge is 0.220 e. The molecule has 5 nitrogen and oxygen atoms in total. The quantitative estimate of drug-likeness (QED) is 0.685. The fourth-order valence-corrected chi connectivity index (χ4v) is 2.69. The summed E-state index contributed by atoms with van der Waals surface area (Å²) in [6.07, 6.45) is 5.52. The molecule has 0 atom stereocenters. The molecule has 0 aliphatic carbocycles. The minimum Gasteiger partial charge on any atom is -0.491 e. The average Bonchev–Trinajstić information content (AvgIpc) is 3.16. The highest BCUT2D eigenvalue weighted by Crippen LogP contribution is 2.25. The summed E-state index contributed by atoms with van der Waals surface area (Å²) in [7, 11) is 3.91.